The second-order valence-electron chi connectivity index (χ2n) is 8.45. The Morgan fingerprint density at radius 2 is 1.70 bits per heavy atom. The van der Waals surface area contributed by atoms with Crippen molar-refractivity contribution in [2.75, 3.05) is 5.75 Å². The largest absolute Gasteiger partial charge is 0.618 e. The minimum atomic E-state index is -2.02. The minimum Gasteiger partial charge on any atom is -0.618 e. The third-order valence-electron chi connectivity index (χ3n) is 5.78. The number of carbonyl (C=O) groups is 1. The van der Waals surface area contributed by atoms with Crippen molar-refractivity contribution < 1.29 is 24.1 Å². The molecule has 3 aromatic rings. The fourth-order valence-electron chi connectivity index (χ4n) is 3.80. The van der Waals surface area contributed by atoms with Gasteiger partial charge in [-0.15, -0.1) is 0 Å². The van der Waals surface area contributed by atoms with Crippen molar-refractivity contribution in [3.05, 3.63) is 100 Å². The fraction of sp³-hybridized carbons (Fsp3) is 0.308. The molecule has 11 heteroatoms. The van der Waals surface area contributed by atoms with Gasteiger partial charge in [-0.1, -0.05) is 95.1 Å². The molecule has 2 aromatic carbocycles. The molecule has 4 rings (SSSR count). The molecule has 2 heterocycles. The van der Waals surface area contributed by atoms with Gasteiger partial charge in [0, 0.05) is 36.4 Å². The van der Waals surface area contributed by atoms with Gasteiger partial charge in [-0.05, 0) is 22.8 Å². The van der Waals surface area contributed by atoms with Crippen LogP contribution in [-0.2, 0) is 27.4 Å². The molecule has 1 aliphatic heterocycles. The number of halogens is 3. The molecule has 196 valence electrons. The Hall–Kier alpha value is -2.04. The summed E-state index contributed by atoms with van der Waals surface area (Å²) < 4.78 is 11.5. The molecule has 0 saturated carbocycles. The van der Waals surface area contributed by atoms with E-state index in [0.717, 1.165) is 27.0 Å². The van der Waals surface area contributed by atoms with E-state index in [2.05, 4.69) is 5.32 Å². The van der Waals surface area contributed by atoms with Gasteiger partial charge in [0.05, 0.1) is 18.8 Å². The molecule has 1 fully saturated rings. The van der Waals surface area contributed by atoms with Crippen LogP contribution in [0.4, 0.5) is 0 Å². The number of carbonyl (C=O) groups excluding carboxylic acids is 1. The molecule has 37 heavy (non-hydrogen) atoms. The number of benzene rings is 2. The van der Waals surface area contributed by atoms with Gasteiger partial charge >= 0.3 is 0 Å². The van der Waals surface area contributed by atoms with Crippen LogP contribution in [0.25, 0.3) is 0 Å². The Morgan fingerprint density at radius 3 is 2.35 bits per heavy atom. The Labute approximate surface area is 234 Å². The molecule has 1 amide bonds. The summed E-state index contributed by atoms with van der Waals surface area (Å²) in [4.78, 5) is 11.8. The number of amides is 1. The highest BCUT2D eigenvalue weighted by atomic mass is 35.6. The molecule has 1 aliphatic rings. The first-order chi connectivity index (χ1) is 17.7. The summed E-state index contributed by atoms with van der Waals surface area (Å²) in [6, 6.07) is 20.4. The predicted octanol–water partition coefficient (Wildman–Crippen LogP) is 5.14. The number of nitrogens with one attached hydrogen (secondary N) is 1. The number of pyridine rings is 1. The van der Waals surface area contributed by atoms with E-state index < -0.39 is 16.0 Å². The molecule has 1 aromatic heterocycles. The molecular weight excluding hydrogens is 559 g/mol. The number of aliphatic hydroxyl groups is 1. The lowest BCUT2D eigenvalue weighted by atomic mass is 10.0. The third kappa shape index (κ3) is 7.74. The summed E-state index contributed by atoms with van der Waals surface area (Å²) in [6.45, 7) is 0.169. The summed E-state index contributed by atoms with van der Waals surface area (Å²) in [7, 11) is 0. The van der Waals surface area contributed by atoms with Gasteiger partial charge in [0.1, 0.15) is 0 Å². The van der Waals surface area contributed by atoms with Crippen LogP contribution in [0.2, 0.25) is 0 Å². The van der Waals surface area contributed by atoms with Gasteiger partial charge in [-0.3, -0.25) is 4.79 Å². The van der Waals surface area contributed by atoms with E-state index in [1.54, 1.807) is 12.1 Å². The van der Waals surface area contributed by atoms with Gasteiger partial charge in [-0.2, -0.15) is 4.73 Å². The van der Waals surface area contributed by atoms with Crippen molar-refractivity contribution in [2.45, 2.75) is 46.9 Å². The number of thioether (sulfide) groups is 1. The number of aliphatic hydroxyl groups excluding tert-OH is 1. The monoisotopic (exact) mass is 582 g/mol. The number of alkyl halides is 3. The maximum Gasteiger partial charge on any atom is 0.272 e. The molecule has 0 spiro atoms. The summed E-state index contributed by atoms with van der Waals surface area (Å²) in [5.41, 5.74) is 3.42. The quantitative estimate of drug-likeness (QED) is 0.165. The highest BCUT2D eigenvalue weighted by molar-refractivity contribution is 7.99. The van der Waals surface area contributed by atoms with E-state index >= 15 is 0 Å². The van der Waals surface area contributed by atoms with E-state index in [9.17, 15) is 15.1 Å². The van der Waals surface area contributed by atoms with Crippen LogP contribution in [0.1, 0.15) is 41.1 Å². The Kier molecular flexibility index (Phi) is 9.58. The van der Waals surface area contributed by atoms with Crippen LogP contribution in [0.5, 0.6) is 0 Å². The van der Waals surface area contributed by atoms with E-state index in [4.69, 9.17) is 44.3 Å². The summed E-state index contributed by atoms with van der Waals surface area (Å²) in [5.74, 6) is -0.132. The summed E-state index contributed by atoms with van der Waals surface area (Å²) in [6.07, 6.45) is 1.01. The summed E-state index contributed by atoms with van der Waals surface area (Å²) in [5, 5.41) is 24.6. The van der Waals surface area contributed by atoms with Crippen LogP contribution >= 0.6 is 46.6 Å². The highest BCUT2D eigenvalue weighted by Gasteiger charge is 2.33. The maximum atomic E-state index is 12.1. The number of rotatable bonds is 8. The standard InChI is InChI=1S/C26H25Cl3N2O5S/c27-26(28,29)25(33)30-14-17-4-10-20(11-5-17)24-35-21(16-37-23-3-1-2-12-31(23)34)13-22(36-24)19-8-6-18(15-32)7-9-19/h1-12,21-22,24,32H,13-16H2,(H,30,33)/t21-,22+,24+/m0/s1. The lowest BCUT2D eigenvalue weighted by molar-refractivity contribution is -0.645. The minimum absolute atomic E-state index is 0.0302. The molecule has 2 N–H and O–H groups in total. The average molecular weight is 584 g/mol. The van der Waals surface area contributed by atoms with Crippen LogP contribution in [0.15, 0.2) is 78.0 Å². The molecule has 0 radical (unpaired) electrons. The van der Waals surface area contributed by atoms with E-state index in [0.29, 0.717) is 17.2 Å². The first-order valence-corrected chi connectivity index (χ1v) is 13.6. The molecule has 3 atom stereocenters. The third-order valence-corrected chi connectivity index (χ3v) is 7.45. The number of hydrogen-bond donors (Lipinski definition) is 2. The Bertz CT molecular complexity index is 1190. The first kappa shape index (κ1) is 28.0. The van der Waals surface area contributed by atoms with E-state index in [1.165, 1.54) is 18.0 Å². The normalized spacial score (nSPS) is 19.9. The number of nitrogens with zero attached hydrogens (tertiary/aromatic N) is 1. The van der Waals surface area contributed by atoms with Crippen molar-refractivity contribution in [3.63, 3.8) is 0 Å². The predicted molar refractivity (Wildman–Crippen MR) is 143 cm³/mol. The van der Waals surface area contributed by atoms with Gasteiger partial charge in [0.2, 0.25) is 0 Å². The van der Waals surface area contributed by atoms with Crippen molar-refractivity contribution in [1.82, 2.24) is 5.32 Å². The molecule has 0 aliphatic carbocycles. The molecule has 0 bridgehead atoms. The lowest BCUT2D eigenvalue weighted by Crippen LogP contribution is -2.34. The van der Waals surface area contributed by atoms with Crippen molar-refractivity contribution in [2.24, 2.45) is 0 Å². The molecule has 7 nitrogen and oxygen atoms in total. The van der Waals surface area contributed by atoms with Crippen LogP contribution in [-0.4, -0.2) is 26.7 Å². The van der Waals surface area contributed by atoms with Crippen molar-refractivity contribution in [1.29, 1.82) is 0 Å². The zero-order valence-electron chi connectivity index (χ0n) is 19.6. The van der Waals surface area contributed by atoms with Crippen LogP contribution < -0.4 is 10.0 Å². The Balaban J connectivity index is 1.48. The van der Waals surface area contributed by atoms with Gasteiger partial charge in [-0.25, -0.2) is 0 Å². The van der Waals surface area contributed by atoms with Crippen molar-refractivity contribution in [3.8, 4) is 0 Å². The summed E-state index contributed by atoms with van der Waals surface area (Å²) >= 11 is 18.2. The average Bonchev–Trinajstić information content (AvgIpc) is 2.91. The molecule has 0 unspecified atom stereocenters. The smallest absolute Gasteiger partial charge is 0.272 e. The molecular formula is C26H25Cl3N2O5S. The van der Waals surface area contributed by atoms with Crippen LogP contribution in [0.3, 0.4) is 0 Å². The molecule has 1 saturated heterocycles. The SMILES string of the molecule is O=C(NCc1ccc([C@@H]2O[C@H](CSc3cccc[n+]3[O-])C[C@H](c3ccc(CO)cc3)O2)cc1)C(Cl)(Cl)Cl. The fourth-order valence-corrected chi connectivity index (χ4v) is 4.94. The lowest BCUT2D eigenvalue weighted by Gasteiger charge is -2.36. The second-order valence-corrected chi connectivity index (χ2v) is 11.8. The van der Waals surface area contributed by atoms with Crippen LogP contribution in [0, 0.1) is 5.21 Å². The topological polar surface area (TPSA) is 94.7 Å². The second kappa shape index (κ2) is 12.7. The first-order valence-electron chi connectivity index (χ1n) is 11.5. The number of hydrogen-bond acceptors (Lipinski definition) is 6. The van der Waals surface area contributed by atoms with Gasteiger partial charge in [0.15, 0.2) is 12.5 Å². The number of ether oxygens (including phenoxy) is 2. The Morgan fingerprint density at radius 1 is 1.03 bits per heavy atom. The van der Waals surface area contributed by atoms with Gasteiger partial charge < -0.3 is 25.1 Å². The zero-order valence-corrected chi connectivity index (χ0v) is 22.6. The van der Waals surface area contributed by atoms with Crippen molar-refractivity contribution >= 4 is 52.5 Å². The highest BCUT2D eigenvalue weighted by Crippen LogP contribution is 2.39. The zero-order chi connectivity index (χ0) is 26.4. The van der Waals surface area contributed by atoms with E-state index in [1.807, 2.05) is 54.6 Å². The van der Waals surface area contributed by atoms with Gasteiger partial charge in [0.25, 0.3) is 14.7 Å². The maximum absolute atomic E-state index is 12.1. The number of aromatic nitrogens is 1. The van der Waals surface area contributed by atoms with E-state index in [-0.39, 0.29) is 25.4 Å².